The molecule has 2 unspecified atom stereocenters. The summed E-state index contributed by atoms with van der Waals surface area (Å²) in [5.41, 5.74) is 0. The van der Waals surface area contributed by atoms with Crippen LogP contribution in [0.3, 0.4) is 0 Å². The average molecular weight is 798 g/mol. The molecule has 10 heteroatoms. The van der Waals surface area contributed by atoms with Crippen molar-refractivity contribution in [3.8, 4) is 0 Å². The number of phosphoric acid groups is 1. The highest BCUT2D eigenvalue weighted by atomic mass is 31.2. The molecular formula is C45H84NO8P. The number of hydrogen-bond donors (Lipinski definition) is 3. The maximum Gasteiger partial charge on any atom is 0.472 e. The number of esters is 1. The Morgan fingerprint density at radius 2 is 1.04 bits per heavy atom. The van der Waals surface area contributed by atoms with Gasteiger partial charge in [0.05, 0.1) is 13.2 Å². The molecule has 9 nitrogen and oxygen atoms in total. The predicted octanol–water partition coefficient (Wildman–Crippen LogP) is 12.6. The minimum Gasteiger partial charge on any atom is -0.463 e. The third-order valence-corrected chi connectivity index (χ3v) is 10.6. The number of allylic oxidation sites excluding steroid dienone is 6. The molecule has 0 aliphatic rings. The first-order valence-corrected chi connectivity index (χ1v) is 24.0. The maximum atomic E-state index is 12.1. The number of carbonyl (C=O) groups excluding carboxylic acids is 2. The highest BCUT2D eigenvalue weighted by Crippen LogP contribution is 2.42. The summed E-state index contributed by atoms with van der Waals surface area (Å²) in [6, 6.07) is 0. The van der Waals surface area contributed by atoms with E-state index in [9.17, 15) is 24.2 Å². The quantitative estimate of drug-likeness (QED) is 0.0241. The van der Waals surface area contributed by atoms with Gasteiger partial charge in [0.2, 0.25) is 5.91 Å². The molecule has 0 aromatic heterocycles. The van der Waals surface area contributed by atoms with E-state index in [0.29, 0.717) is 12.8 Å². The molecule has 1 amide bonds. The Balaban J connectivity index is 3.56. The molecule has 0 saturated carbocycles. The van der Waals surface area contributed by atoms with Crippen molar-refractivity contribution in [1.82, 2.24) is 5.32 Å². The third kappa shape index (κ3) is 43.2. The van der Waals surface area contributed by atoms with Gasteiger partial charge < -0.3 is 20.1 Å². The fraction of sp³-hybridized carbons (Fsp3) is 0.822. The Morgan fingerprint density at radius 1 is 0.582 bits per heavy atom. The van der Waals surface area contributed by atoms with Crippen molar-refractivity contribution < 1.29 is 37.9 Å². The molecule has 3 N–H and O–H groups in total. The van der Waals surface area contributed by atoms with Crippen LogP contribution in [0.5, 0.6) is 0 Å². The van der Waals surface area contributed by atoms with E-state index < -0.39 is 26.5 Å². The lowest BCUT2D eigenvalue weighted by atomic mass is 10.0. The molecule has 0 radical (unpaired) electrons. The van der Waals surface area contributed by atoms with Crippen LogP contribution in [0.2, 0.25) is 0 Å². The summed E-state index contributed by atoms with van der Waals surface area (Å²) in [4.78, 5) is 33.9. The second-order valence-electron chi connectivity index (χ2n) is 15.0. The Hall–Kier alpha value is -1.77. The van der Waals surface area contributed by atoms with Crippen LogP contribution in [0, 0.1) is 0 Å². The van der Waals surface area contributed by atoms with Gasteiger partial charge in [-0.1, -0.05) is 185 Å². The number of nitrogens with one attached hydrogen (secondary N) is 1. The summed E-state index contributed by atoms with van der Waals surface area (Å²) in [5, 5.41) is 12.7. The summed E-state index contributed by atoms with van der Waals surface area (Å²) >= 11 is 0. The van der Waals surface area contributed by atoms with Crippen LogP contribution in [0.4, 0.5) is 0 Å². The van der Waals surface area contributed by atoms with E-state index in [1.54, 1.807) is 0 Å². The number of aliphatic hydroxyl groups excluding tert-OH is 1. The molecule has 0 aromatic rings. The molecule has 0 aromatic carbocycles. The van der Waals surface area contributed by atoms with Gasteiger partial charge in [0.15, 0.2) is 0 Å². The van der Waals surface area contributed by atoms with Gasteiger partial charge in [0.25, 0.3) is 0 Å². The first-order chi connectivity index (χ1) is 26.8. The first kappa shape index (κ1) is 53.2. The van der Waals surface area contributed by atoms with Crippen molar-refractivity contribution in [2.45, 2.75) is 213 Å². The molecule has 0 heterocycles. The Labute approximate surface area is 337 Å². The van der Waals surface area contributed by atoms with E-state index in [-0.39, 0.29) is 32.1 Å². The zero-order valence-electron chi connectivity index (χ0n) is 35.4. The SMILES string of the molecule is CC/C=C\C/C=C\C/C=C\CCCCCC(=O)OCC(O)COP(=O)(O)OCCNC(=O)CCCCCCCCCCCCCCCCCCCCCCC. The lowest BCUT2D eigenvalue weighted by Crippen LogP contribution is -2.27. The molecule has 0 aliphatic carbocycles. The molecule has 322 valence electrons. The van der Waals surface area contributed by atoms with E-state index >= 15 is 0 Å². The molecule has 0 spiro atoms. The van der Waals surface area contributed by atoms with E-state index in [0.717, 1.165) is 57.8 Å². The number of carbonyl (C=O) groups is 2. The normalized spacial score (nSPS) is 13.6. The van der Waals surface area contributed by atoms with Crippen LogP contribution in [0.25, 0.3) is 0 Å². The maximum absolute atomic E-state index is 12.1. The van der Waals surface area contributed by atoms with Gasteiger partial charge in [-0.3, -0.25) is 18.6 Å². The minimum absolute atomic E-state index is 0.0804. The average Bonchev–Trinajstić information content (AvgIpc) is 3.17. The number of aliphatic hydroxyl groups is 1. The van der Waals surface area contributed by atoms with Gasteiger partial charge in [-0.15, -0.1) is 0 Å². The number of rotatable bonds is 42. The van der Waals surface area contributed by atoms with Crippen molar-refractivity contribution in [2.75, 3.05) is 26.4 Å². The second kappa shape index (κ2) is 41.9. The van der Waals surface area contributed by atoms with Gasteiger partial charge in [0.1, 0.15) is 12.7 Å². The first-order valence-electron chi connectivity index (χ1n) is 22.5. The van der Waals surface area contributed by atoms with E-state index in [4.69, 9.17) is 13.8 Å². The standard InChI is InChI=1S/C45H84NO8P/c1-3-5-7-9-11-13-15-17-18-19-20-21-22-23-24-26-27-29-31-33-35-37-44(48)46-39-40-53-55(50,51)54-42-43(47)41-52-45(49)38-36-34-32-30-28-25-16-14-12-10-8-6-4-2/h6,8,12,14,25,28,43,47H,3-5,7,9-11,13,15-24,26-27,29-42H2,1-2H3,(H,46,48)(H,50,51)/b8-6-,14-12-,28-25-. The molecule has 0 fully saturated rings. The number of phosphoric ester groups is 1. The highest BCUT2D eigenvalue weighted by molar-refractivity contribution is 7.47. The van der Waals surface area contributed by atoms with Crippen molar-refractivity contribution >= 4 is 19.7 Å². The lowest BCUT2D eigenvalue weighted by molar-refractivity contribution is -0.147. The largest absolute Gasteiger partial charge is 0.472 e. The number of ether oxygens (including phenoxy) is 1. The summed E-state index contributed by atoms with van der Waals surface area (Å²) in [7, 11) is -4.42. The fourth-order valence-corrected chi connectivity index (χ4v) is 6.98. The van der Waals surface area contributed by atoms with Crippen LogP contribution in [0.15, 0.2) is 36.5 Å². The van der Waals surface area contributed by atoms with E-state index in [1.807, 2.05) is 0 Å². The highest BCUT2D eigenvalue weighted by Gasteiger charge is 2.23. The Kier molecular flexibility index (Phi) is 40.5. The minimum atomic E-state index is -4.42. The molecule has 55 heavy (non-hydrogen) atoms. The zero-order chi connectivity index (χ0) is 40.3. The zero-order valence-corrected chi connectivity index (χ0v) is 36.3. The summed E-state index contributed by atoms with van der Waals surface area (Å²) in [6.07, 6.45) is 46.6. The van der Waals surface area contributed by atoms with Gasteiger partial charge in [-0.25, -0.2) is 4.57 Å². The Bertz CT molecular complexity index is 1000. The molecule has 0 rings (SSSR count). The monoisotopic (exact) mass is 798 g/mol. The Morgan fingerprint density at radius 3 is 1.56 bits per heavy atom. The number of amides is 1. The second-order valence-corrected chi connectivity index (χ2v) is 16.5. The van der Waals surface area contributed by atoms with Crippen molar-refractivity contribution in [2.24, 2.45) is 0 Å². The van der Waals surface area contributed by atoms with Crippen LogP contribution in [-0.4, -0.2) is 54.3 Å². The smallest absolute Gasteiger partial charge is 0.463 e. The van der Waals surface area contributed by atoms with Gasteiger partial charge in [0, 0.05) is 19.4 Å². The lowest BCUT2D eigenvalue weighted by Gasteiger charge is -2.15. The van der Waals surface area contributed by atoms with Gasteiger partial charge in [-0.2, -0.15) is 0 Å². The summed E-state index contributed by atoms with van der Waals surface area (Å²) in [6.45, 7) is 3.42. The van der Waals surface area contributed by atoms with Gasteiger partial charge in [-0.05, 0) is 44.9 Å². The van der Waals surface area contributed by atoms with E-state index in [1.165, 1.54) is 116 Å². The van der Waals surface area contributed by atoms with Crippen LogP contribution in [0.1, 0.15) is 206 Å². The van der Waals surface area contributed by atoms with Crippen LogP contribution in [-0.2, 0) is 27.9 Å². The van der Waals surface area contributed by atoms with Crippen molar-refractivity contribution in [3.05, 3.63) is 36.5 Å². The van der Waals surface area contributed by atoms with Crippen LogP contribution < -0.4 is 5.32 Å². The molecule has 2 atom stereocenters. The van der Waals surface area contributed by atoms with Crippen molar-refractivity contribution in [3.63, 3.8) is 0 Å². The number of hydrogen-bond acceptors (Lipinski definition) is 7. The molecule has 0 bridgehead atoms. The topological polar surface area (TPSA) is 131 Å². The number of unbranched alkanes of at least 4 members (excludes halogenated alkanes) is 23. The third-order valence-electron chi connectivity index (χ3n) is 9.58. The fourth-order valence-electron chi connectivity index (χ4n) is 6.22. The summed E-state index contributed by atoms with van der Waals surface area (Å²) in [5.74, 6) is -0.541. The summed E-state index contributed by atoms with van der Waals surface area (Å²) < 4.78 is 26.8. The van der Waals surface area contributed by atoms with Crippen molar-refractivity contribution in [1.29, 1.82) is 0 Å². The molecular weight excluding hydrogens is 713 g/mol. The van der Waals surface area contributed by atoms with E-state index in [2.05, 4.69) is 55.6 Å². The molecule has 0 aliphatic heterocycles. The van der Waals surface area contributed by atoms with Gasteiger partial charge >= 0.3 is 13.8 Å². The molecule has 0 saturated heterocycles. The van der Waals surface area contributed by atoms with Crippen LogP contribution >= 0.6 is 7.82 Å². The predicted molar refractivity (Wildman–Crippen MR) is 229 cm³/mol.